The molecule has 0 radical (unpaired) electrons. The molecule has 0 fully saturated rings. The van der Waals surface area contributed by atoms with E-state index in [1.54, 1.807) is 0 Å². The second-order valence-corrected chi connectivity index (χ2v) is 8.56. The van der Waals surface area contributed by atoms with Gasteiger partial charge in [-0.2, -0.15) is 0 Å². The summed E-state index contributed by atoms with van der Waals surface area (Å²) in [5.41, 5.74) is 1.98. The van der Waals surface area contributed by atoms with Crippen molar-refractivity contribution in [2.45, 2.75) is 89.0 Å². The lowest BCUT2D eigenvalue weighted by molar-refractivity contribution is 0.165. The summed E-state index contributed by atoms with van der Waals surface area (Å²) < 4.78 is 0. The van der Waals surface area contributed by atoms with E-state index < -0.39 is 0 Å². The molecule has 0 bridgehead atoms. The fourth-order valence-electron chi connectivity index (χ4n) is 2.88. The van der Waals surface area contributed by atoms with Crippen molar-refractivity contribution in [2.24, 2.45) is 29.1 Å². The smallest absolute Gasteiger partial charge is 0.0116 e. The number of rotatable bonds is 5. The van der Waals surface area contributed by atoms with Gasteiger partial charge in [0.2, 0.25) is 0 Å². The zero-order chi connectivity index (χ0) is 19.5. The van der Waals surface area contributed by atoms with Crippen LogP contribution in [0, 0.1) is 29.1 Å². The van der Waals surface area contributed by atoms with Gasteiger partial charge in [-0.25, -0.2) is 0 Å². The van der Waals surface area contributed by atoms with E-state index in [0.29, 0.717) is 11.3 Å². The van der Waals surface area contributed by atoms with Crippen LogP contribution in [-0.2, 0) is 0 Å². The van der Waals surface area contributed by atoms with Crippen molar-refractivity contribution in [3.05, 3.63) is 35.9 Å². The average Bonchev–Trinajstić information content (AvgIpc) is 2.50. The van der Waals surface area contributed by atoms with Gasteiger partial charge >= 0.3 is 0 Å². The van der Waals surface area contributed by atoms with E-state index in [0.717, 1.165) is 23.7 Å². The normalized spacial score (nSPS) is 11.5. The highest BCUT2D eigenvalue weighted by Gasteiger charge is 2.25. The predicted molar refractivity (Wildman–Crippen MR) is 114 cm³/mol. The van der Waals surface area contributed by atoms with Crippen molar-refractivity contribution in [1.82, 2.24) is 0 Å². The van der Waals surface area contributed by atoms with Crippen LogP contribution in [0.5, 0.6) is 0 Å². The zero-order valence-corrected chi connectivity index (χ0v) is 18.8. The number of hydrogen-bond acceptors (Lipinski definition) is 0. The Morgan fingerprint density at radius 3 is 1.17 bits per heavy atom. The summed E-state index contributed by atoms with van der Waals surface area (Å²) in [5.74, 6) is 3.72. The van der Waals surface area contributed by atoms with Crippen molar-refractivity contribution >= 4 is 0 Å². The molecule has 0 unspecified atom stereocenters. The summed E-state index contributed by atoms with van der Waals surface area (Å²) in [6.45, 7) is 27.1. The van der Waals surface area contributed by atoms with E-state index in [-0.39, 0.29) is 0 Å². The van der Waals surface area contributed by atoms with Crippen LogP contribution in [0.3, 0.4) is 0 Å². The molecule has 0 amide bonds. The first kappa shape index (κ1) is 25.5. The lowest BCUT2D eigenvalue weighted by Crippen LogP contribution is -2.25. The quantitative estimate of drug-likeness (QED) is 0.506. The van der Waals surface area contributed by atoms with Crippen molar-refractivity contribution in [2.75, 3.05) is 0 Å². The maximum atomic E-state index is 2.34. The number of benzene rings is 1. The van der Waals surface area contributed by atoms with Crippen LogP contribution in [0.1, 0.15) is 94.6 Å². The molecular weight excluding hydrogens is 288 g/mol. The molecule has 24 heavy (non-hydrogen) atoms. The lowest BCUT2D eigenvalue weighted by atomic mass is 9.72. The molecule has 0 N–H and O–H groups in total. The molecule has 0 aliphatic carbocycles. The molecule has 0 heteroatoms. The highest BCUT2D eigenvalue weighted by molar-refractivity contribution is 5.20. The first-order valence-corrected chi connectivity index (χ1v) is 10.1. The minimum atomic E-state index is 0.500. The van der Waals surface area contributed by atoms with Crippen molar-refractivity contribution in [3.63, 3.8) is 0 Å². The fourth-order valence-corrected chi connectivity index (χ4v) is 2.88. The minimum Gasteiger partial charge on any atom is -0.0683 e. The molecule has 142 valence electrons. The van der Waals surface area contributed by atoms with Crippen LogP contribution in [0.4, 0.5) is 0 Å². The molecule has 1 aromatic carbocycles. The summed E-state index contributed by atoms with van der Waals surface area (Å²) in [5, 5.41) is 0. The van der Waals surface area contributed by atoms with Gasteiger partial charge in [0.1, 0.15) is 0 Å². The molecule has 0 atom stereocenters. The summed E-state index contributed by atoms with van der Waals surface area (Å²) >= 11 is 0. The van der Waals surface area contributed by atoms with Crippen LogP contribution in [-0.4, -0.2) is 0 Å². The Labute approximate surface area is 154 Å². The topological polar surface area (TPSA) is 0 Å². The second kappa shape index (κ2) is 12.6. The Balaban J connectivity index is 0. The molecule has 0 saturated carbocycles. The third kappa shape index (κ3) is 8.90. The van der Waals surface area contributed by atoms with E-state index in [9.17, 15) is 0 Å². The van der Waals surface area contributed by atoms with Crippen LogP contribution >= 0.6 is 0 Å². The summed E-state index contributed by atoms with van der Waals surface area (Å²) in [7, 11) is 0. The Morgan fingerprint density at radius 1 is 0.625 bits per heavy atom. The highest BCUT2D eigenvalue weighted by Crippen LogP contribution is 2.34. The minimum absolute atomic E-state index is 0.500. The van der Waals surface area contributed by atoms with Gasteiger partial charge in [-0.05, 0) is 40.6 Å². The van der Waals surface area contributed by atoms with Crippen molar-refractivity contribution < 1.29 is 0 Å². The van der Waals surface area contributed by atoms with Crippen molar-refractivity contribution in [1.29, 1.82) is 0 Å². The van der Waals surface area contributed by atoms with Crippen LogP contribution in [0.2, 0.25) is 0 Å². The Kier molecular flexibility index (Phi) is 13.3. The van der Waals surface area contributed by atoms with Crippen molar-refractivity contribution in [3.8, 4) is 0 Å². The molecule has 0 aliphatic heterocycles. The summed E-state index contributed by atoms with van der Waals surface area (Å²) in [4.78, 5) is 0. The third-order valence-corrected chi connectivity index (χ3v) is 5.60. The predicted octanol–water partition coefficient (Wildman–Crippen LogP) is 8.43. The monoisotopic (exact) mass is 334 g/mol. The average molecular weight is 335 g/mol. The first-order valence-electron chi connectivity index (χ1n) is 10.1. The molecule has 0 aromatic heterocycles. The number of hydrogen-bond donors (Lipinski definition) is 0. The first-order chi connectivity index (χ1) is 11.0. The molecule has 0 spiro atoms. The molecular formula is C24H46. The van der Waals surface area contributed by atoms with Gasteiger partial charge in [0.25, 0.3) is 0 Å². The van der Waals surface area contributed by atoms with E-state index in [1.165, 1.54) is 5.56 Å². The molecule has 1 rings (SSSR count). The third-order valence-electron chi connectivity index (χ3n) is 5.60. The van der Waals surface area contributed by atoms with E-state index in [2.05, 4.69) is 99.6 Å². The van der Waals surface area contributed by atoms with Crippen LogP contribution < -0.4 is 0 Å². The van der Waals surface area contributed by atoms with Gasteiger partial charge in [-0.15, -0.1) is 0 Å². The highest BCUT2D eigenvalue weighted by atomic mass is 14.3. The van der Waals surface area contributed by atoms with Crippen LogP contribution in [0.15, 0.2) is 30.3 Å². The van der Waals surface area contributed by atoms with Gasteiger partial charge in [0, 0.05) is 0 Å². The van der Waals surface area contributed by atoms with Gasteiger partial charge in [-0.1, -0.05) is 113 Å². The Morgan fingerprint density at radius 2 is 0.958 bits per heavy atom. The second-order valence-electron chi connectivity index (χ2n) is 8.56. The van der Waals surface area contributed by atoms with Gasteiger partial charge < -0.3 is 0 Å². The Bertz CT molecular complexity index is 364. The van der Waals surface area contributed by atoms with E-state index in [1.807, 2.05) is 13.8 Å². The molecule has 0 nitrogen and oxygen atoms in total. The van der Waals surface area contributed by atoms with Gasteiger partial charge in [0.15, 0.2) is 0 Å². The lowest BCUT2D eigenvalue weighted by Gasteiger charge is -2.33. The molecule has 0 heterocycles. The van der Waals surface area contributed by atoms with Gasteiger partial charge in [-0.3, -0.25) is 0 Å². The van der Waals surface area contributed by atoms with E-state index in [4.69, 9.17) is 0 Å². The maximum Gasteiger partial charge on any atom is -0.0116 e. The summed E-state index contributed by atoms with van der Waals surface area (Å²) in [6.07, 6.45) is 0. The van der Waals surface area contributed by atoms with Gasteiger partial charge in [0.05, 0.1) is 0 Å². The Hall–Kier alpha value is -0.780. The van der Waals surface area contributed by atoms with E-state index >= 15 is 0 Å². The standard InChI is InChI=1S/C13H20.C9H20.C2H6/c1-10(2)13(11(3)4)12-8-6-5-7-9-12;1-7(2)9(5,6)8(3)4;1-2/h5-11,13H,1-4H3;7-8H,1-6H3;1-2H3. The maximum absolute atomic E-state index is 2.34. The largest absolute Gasteiger partial charge is 0.0683 e. The SMILES string of the molecule is CC.CC(C)C(C)(C)C(C)C.CC(C)C(c1ccccc1)C(C)C. The van der Waals surface area contributed by atoms with Crippen LogP contribution in [0.25, 0.3) is 0 Å². The zero-order valence-electron chi connectivity index (χ0n) is 18.8. The molecule has 1 aromatic rings. The molecule has 0 saturated heterocycles. The fraction of sp³-hybridized carbons (Fsp3) is 0.750. The summed E-state index contributed by atoms with van der Waals surface area (Å²) in [6, 6.07) is 10.8. The molecule has 0 aliphatic rings.